The molecule has 0 radical (unpaired) electrons. The molecule has 3 heteroatoms. The standard InChI is InChI=1S/C15H22N2O/c1-17-8-3-2-6-13(17)11-18-15-7-4-5-12-9-16-10-14(12)15/h4-5,7,13,16H,2-3,6,8-11H2,1H3. The number of likely N-dealkylation sites (N-methyl/N-ethyl adjacent to an activating group) is 1. The van der Waals surface area contributed by atoms with Gasteiger partial charge in [-0.1, -0.05) is 18.6 Å². The maximum Gasteiger partial charge on any atom is 0.124 e. The van der Waals surface area contributed by atoms with Crippen LogP contribution in [0, 0.1) is 0 Å². The van der Waals surface area contributed by atoms with E-state index < -0.39 is 0 Å². The molecule has 0 aliphatic carbocycles. The average Bonchev–Trinajstić information content (AvgIpc) is 2.86. The molecule has 2 aliphatic heterocycles. The van der Waals surface area contributed by atoms with E-state index in [1.165, 1.54) is 36.9 Å². The number of hydrogen-bond acceptors (Lipinski definition) is 3. The molecule has 1 aromatic carbocycles. The highest BCUT2D eigenvalue weighted by molar-refractivity contribution is 5.42. The van der Waals surface area contributed by atoms with Crippen LogP contribution in [0.1, 0.15) is 30.4 Å². The summed E-state index contributed by atoms with van der Waals surface area (Å²) in [6, 6.07) is 6.99. The average molecular weight is 246 g/mol. The number of ether oxygens (including phenoxy) is 1. The summed E-state index contributed by atoms with van der Waals surface area (Å²) in [5, 5.41) is 3.38. The number of fused-ring (bicyclic) bond motifs is 1. The normalized spacial score (nSPS) is 23.9. The summed E-state index contributed by atoms with van der Waals surface area (Å²) in [7, 11) is 2.21. The zero-order chi connectivity index (χ0) is 12.4. The Morgan fingerprint density at radius 2 is 2.28 bits per heavy atom. The van der Waals surface area contributed by atoms with Crippen LogP contribution in [0.4, 0.5) is 0 Å². The monoisotopic (exact) mass is 246 g/mol. The molecule has 3 rings (SSSR count). The highest BCUT2D eigenvalue weighted by Gasteiger charge is 2.21. The van der Waals surface area contributed by atoms with Crippen molar-refractivity contribution in [2.75, 3.05) is 20.2 Å². The first kappa shape index (κ1) is 12.0. The van der Waals surface area contributed by atoms with Gasteiger partial charge in [-0.15, -0.1) is 0 Å². The van der Waals surface area contributed by atoms with E-state index >= 15 is 0 Å². The van der Waals surface area contributed by atoms with Crippen molar-refractivity contribution < 1.29 is 4.74 Å². The summed E-state index contributed by atoms with van der Waals surface area (Å²) in [5.41, 5.74) is 2.75. The van der Waals surface area contributed by atoms with Crippen molar-refractivity contribution in [2.45, 2.75) is 38.4 Å². The Hall–Kier alpha value is -1.06. The number of nitrogens with one attached hydrogen (secondary N) is 1. The van der Waals surface area contributed by atoms with Crippen molar-refractivity contribution in [1.29, 1.82) is 0 Å². The summed E-state index contributed by atoms with van der Waals surface area (Å²) >= 11 is 0. The topological polar surface area (TPSA) is 24.5 Å². The third-order valence-electron chi connectivity index (χ3n) is 4.20. The van der Waals surface area contributed by atoms with Crippen LogP contribution in [0.15, 0.2) is 18.2 Å². The first-order valence-corrected chi connectivity index (χ1v) is 6.99. The second kappa shape index (κ2) is 5.29. The van der Waals surface area contributed by atoms with Gasteiger partial charge in [0.15, 0.2) is 0 Å². The quantitative estimate of drug-likeness (QED) is 0.884. The van der Waals surface area contributed by atoms with Gasteiger partial charge in [-0.2, -0.15) is 0 Å². The van der Waals surface area contributed by atoms with Crippen molar-refractivity contribution in [2.24, 2.45) is 0 Å². The number of nitrogens with zero attached hydrogens (tertiary/aromatic N) is 1. The van der Waals surface area contributed by atoms with Gasteiger partial charge in [0, 0.05) is 24.7 Å². The minimum Gasteiger partial charge on any atom is -0.492 e. The highest BCUT2D eigenvalue weighted by atomic mass is 16.5. The van der Waals surface area contributed by atoms with Gasteiger partial charge in [0.2, 0.25) is 0 Å². The first-order valence-electron chi connectivity index (χ1n) is 6.99. The molecular weight excluding hydrogens is 224 g/mol. The molecule has 0 spiro atoms. The smallest absolute Gasteiger partial charge is 0.124 e. The van der Waals surface area contributed by atoms with Crippen LogP contribution in [-0.4, -0.2) is 31.1 Å². The van der Waals surface area contributed by atoms with Gasteiger partial charge in [0.1, 0.15) is 12.4 Å². The van der Waals surface area contributed by atoms with Gasteiger partial charge in [-0.05, 0) is 38.1 Å². The highest BCUT2D eigenvalue weighted by Crippen LogP contribution is 2.27. The lowest BCUT2D eigenvalue weighted by Crippen LogP contribution is -2.40. The Morgan fingerprint density at radius 3 is 3.17 bits per heavy atom. The summed E-state index contributed by atoms with van der Waals surface area (Å²) in [6.07, 6.45) is 3.94. The van der Waals surface area contributed by atoms with Crippen LogP contribution in [-0.2, 0) is 13.1 Å². The molecule has 0 bridgehead atoms. The van der Waals surface area contributed by atoms with Crippen molar-refractivity contribution in [3.8, 4) is 5.75 Å². The predicted molar refractivity (Wildman–Crippen MR) is 72.7 cm³/mol. The number of hydrogen-bond donors (Lipinski definition) is 1. The fourth-order valence-corrected chi connectivity index (χ4v) is 2.98. The molecule has 1 N–H and O–H groups in total. The molecule has 98 valence electrons. The van der Waals surface area contributed by atoms with E-state index in [0.29, 0.717) is 6.04 Å². The zero-order valence-corrected chi connectivity index (χ0v) is 11.1. The summed E-state index contributed by atoms with van der Waals surface area (Å²) in [4.78, 5) is 2.44. The van der Waals surface area contributed by atoms with E-state index in [2.05, 4.69) is 35.5 Å². The van der Waals surface area contributed by atoms with E-state index in [-0.39, 0.29) is 0 Å². The molecule has 3 nitrogen and oxygen atoms in total. The fraction of sp³-hybridized carbons (Fsp3) is 0.600. The number of rotatable bonds is 3. The van der Waals surface area contributed by atoms with Crippen LogP contribution in [0.2, 0.25) is 0 Å². The molecule has 0 amide bonds. The van der Waals surface area contributed by atoms with E-state index in [1.54, 1.807) is 0 Å². The fourth-order valence-electron chi connectivity index (χ4n) is 2.98. The number of benzene rings is 1. The lowest BCUT2D eigenvalue weighted by molar-refractivity contribution is 0.124. The predicted octanol–water partition coefficient (Wildman–Crippen LogP) is 2.15. The van der Waals surface area contributed by atoms with Crippen molar-refractivity contribution in [3.63, 3.8) is 0 Å². The third kappa shape index (κ3) is 2.38. The SMILES string of the molecule is CN1CCCCC1COc1cccc2c1CNC2. The Bertz CT molecular complexity index is 419. The molecule has 2 aliphatic rings. The zero-order valence-electron chi connectivity index (χ0n) is 11.1. The van der Waals surface area contributed by atoms with Crippen molar-refractivity contribution in [1.82, 2.24) is 10.2 Å². The lowest BCUT2D eigenvalue weighted by atomic mass is 10.0. The van der Waals surface area contributed by atoms with E-state index in [4.69, 9.17) is 4.74 Å². The summed E-state index contributed by atoms with van der Waals surface area (Å²) < 4.78 is 6.08. The Kier molecular flexibility index (Phi) is 3.52. The van der Waals surface area contributed by atoms with Crippen LogP contribution < -0.4 is 10.1 Å². The largest absolute Gasteiger partial charge is 0.492 e. The molecule has 1 aromatic rings. The van der Waals surface area contributed by atoms with Gasteiger partial charge in [0.25, 0.3) is 0 Å². The van der Waals surface area contributed by atoms with Crippen LogP contribution in [0.3, 0.4) is 0 Å². The van der Waals surface area contributed by atoms with Gasteiger partial charge in [0.05, 0.1) is 0 Å². The molecule has 0 saturated carbocycles. The maximum atomic E-state index is 6.08. The molecule has 1 fully saturated rings. The van der Waals surface area contributed by atoms with Crippen molar-refractivity contribution in [3.05, 3.63) is 29.3 Å². The second-order valence-electron chi connectivity index (χ2n) is 5.44. The van der Waals surface area contributed by atoms with Crippen LogP contribution in [0.5, 0.6) is 5.75 Å². The molecular formula is C15H22N2O. The van der Waals surface area contributed by atoms with Gasteiger partial charge in [-0.25, -0.2) is 0 Å². The second-order valence-corrected chi connectivity index (χ2v) is 5.44. The number of piperidine rings is 1. The maximum absolute atomic E-state index is 6.08. The van der Waals surface area contributed by atoms with E-state index in [9.17, 15) is 0 Å². The lowest BCUT2D eigenvalue weighted by Gasteiger charge is -2.32. The number of likely N-dealkylation sites (tertiary alicyclic amines) is 1. The van der Waals surface area contributed by atoms with E-state index in [1.807, 2.05) is 0 Å². The Morgan fingerprint density at radius 1 is 1.33 bits per heavy atom. The molecule has 1 unspecified atom stereocenters. The van der Waals surface area contributed by atoms with Gasteiger partial charge >= 0.3 is 0 Å². The minimum atomic E-state index is 0.587. The molecule has 18 heavy (non-hydrogen) atoms. The van der Waals surface area contributed by atoms with Gasteiger partial charge < -0.3 is 15.0 Å². The van der Waals surface area contributed by atoms with Crippen molar-refractivity contribution >= 4 is 0 Å². The Balaban J connectivity index is 1.65. The summed E-state index contributed by atoms with van der Waals surface area (Å²) in [6.45, 7) is 3.97. The first-order chi connectivity index (χ1) is 8.84. The molecule has 1 saturated heterocycles. The molecule has 0 aromatic heterocycles. The van der Waals surface area contributed by atoms with E-state index in [0.717, 1.165) is 25.4 Å². The Labute approximate surface area is 109 Å². The van der Waals surface area contributed by atoms with Gasteiger partial charge in [-0.3, -0.25) is 0 Å². The minimum absolute atomic E-state index is 0.587. The molecule has 2 heterocycles. The van der Waals surface area contributed by atoms with Crippen LogP contribution in [0.25, 0.3) is 0 Å². The summed E-state index contributed by atoms with van der Waals surface area (Å²) in [5.74, 6) is 1.08. The molecule has 1 atom stereocenters. The van der Waals surface area contributed by atoms with Crippen LogP contribution >= 0.6 is 0 Å². The third-order valence-corrected chi connectivity index (χ3v) is 4.20.